The summed E-state index contributed by atoms with van der Waals surface area (Å²) >= 11 is 0. The molecule has 1 unspecified atom stereocenters. The summed E-state index contributed by atoms with van der Waals surface area (Å²) in [6.45, 7) is 1.13. The van der Waals surface area contributed by atoms with Crippen molar-refractivity contribution in [1.82, 2.24) is 9.88 Å². The van der Waals surface area contributed by atoms with Crippen molar-refractivity contribution in [2.75, 3.05) is 6.54 Å². The van der Waals surface area contributed by atoms with E-state index in [0.29, 0.717) is 30.9 Å². The molecule has 0 radical (unpaired) electrons. The molecule has 0 aliphatic carbocycles. The first kappa shape index (κ1) is 18.9. The molecule has 6 heteroatoms. The van der Waals surface area contributed by atoms with E-state index in [-0.39, 0.29) is 18.4 Å². The highest BCUT2D eigenvalue weighted by molar-refractivity contribution is 5.94. The van der Waals surface area contributed by atoms with Gasteiger partial charge in [0.15, 0.2) is 0 Å². The van der Waals surface area contributed by atoms with Crippen LogP contribution in [-0.4, -0.2) is 39.5 Å². The zero-order chi connectivity index (χ0) is 19.1. The Balaban J connectivity index is 1.61. The van der Waals surface area contributed by atoms with Crippen molar-refractivity contribution in [3.8, 4) is 5.75 Å². The van der Waals surface area contributed by atoms with Crippen LogP contribution in [0, 0.1) is 0 Å². The lowest BCUT2D eigenvalue weighted by molar-refractivity contribution is -0.137. The molecule has 3 rings (SSSR count). The number of carbonyl (C=O) groups excluding carboxylic acids is 1. The Morgan fingerprint density at radius 1 is 1.11 bits per heavy atom. The summed E-state index contributed by atoms with van der Waals surface area (Å²) in [4.78, 5) is 29.6. The fourth-order valence-electron chi connectivity index (χ4n) is 3.36. The molecular weight excluding hydrogens is 344 g/mol. The van der Waals surface area contributed by atoms with E-state index in [9.17, 15) is 9.59 Å². The number of hydrogen-bond donors (Lipinski definition) is 1. The van der Waals surface area contributed by atoms with Crippen LogP contribution in [0.1, 0.15) is 48.0 Å². The number of amides is 1. The van der Waals surface area contributed by atoms with Crippen LogP contribution in [0.4, 0.5) is 0 Å². The lowest BCUT2D eigenvalue weighted by atomic mass is 9.97. The number of pyridine rings is 1. The van der Waals surface area contributed by atoms with Crippen molar-refractivity contribution in [3.05, 3.63) is 59.9 Å². The van der Waals surface area contributed by atoms with Gasteiger partial charge in [-0.05, 0) is 67.6 Å². The maximum Gasteiger partial charge on any atom is 0.303 e. The summed E-state index contributed by atoms with van der Waals surface area (Å²) in [5.74, 6) is -0.154. The van der Waals surface area contributed by atoms with Crippen LogP contribution in [-0.2, 0) is 11.4 Å². The number of benzene rings is 1. The fraction of sp³-hybridized carbons (Fsp3) is 0.381. The van der Waals surface area contributed by atoms with Crippen LogP contribution < -0.4 is 4.74 Å². The molecule has 0 saturated carbocycles. The fourth-order valence-corrected chi connectivity index (χ4v) is 3.36. The van der Waals surface area contributed by atoms with Gasteiger partial charge in [0.1, 0.15) is 12.4 Å². The molecular formula is C21H24N2O4. The minimum absolute atomic E-state index is 0.00460. The first-order valence-corrected chi connectivity index (χ1v) is 9.28. The van der Waals surface area contributed by atoms with E-state index in [2.05, 4.69) is 4.98 Å². The zero-order valence-electron chi connectivity index (χ0n) is 15.2. The topological polar surface area (TPSA) is 79.7 Å². The van der Waals surface area contributed by atoms with Gasteiger partial charge in [-0.25, -0.2) is 0 Å². The normalized spacial score (nSPS) is 16.7. The number of carboxylic acid groups (broad SMARTS) is 1. The van der Waals surface area contributed by atoms with E-state index < -0.39 is 5.97 Å². The van der Waals surface area contributed by atoms with Gasteiger partial charge in [0.25, 0.3) is 5.91 Å². The Bertz CT molecular complexity index is 762. The summed E-state index contributed by atoms with van der Waals surface area (Å²) in [5, 5.41) is 8.93. The first-order valence-electron chi connectivity index (χ1n) is 9.28. The highest BCUT2D eigenvalue weighted by atomic mass is 16.5. The zero-order valence-corrected chi connectivity index (χ0v) is 15.2. The highest BCUT2D eigenvalue weighted by Gasteiger charge is 2.27. The molecule has 1 aliphatic rings. The Kier molecular flexibility index (Phi) is 6.41. The quantitative estimate of drug-likeness (QED) is 0.809. The Morgan fingerprint density at radius 3 is 2.56 bits per heavy atom. The molecule has 2 heterocycles. The van der Waals surface area contributed by atoms with E-state index in [4.69, 9.17) is 9.84 Å². The summed E-state index contributed by atoms with van der Waals surface area (Å²) in [7, 11) is 0. The predicted molar refractivity (Wildman–Crippen MR) is 101 cm³/mol. The largest absolute Gasteiger partial charge is 0.489 e. The predicted octanol–water partition coefficient (Wildman–Crippen LogP) is 3.52. The number of carbonyl (C=O) groups is 2. The summed E-state index contributed by atoms with van der Waals surface area (Å²) < 4.78 is 5.74. The van der Waals surface area contributed by atoms with Gasteiger partial charge >= 0.3 is 5.97 Å². The molecule has 142 valence electrons. The molecule has 0 bridgehead atoms. The Morgan fingerprint density at radius 2 is 1.85 bits per heavy atom. The number of ether oxygens (including phenoxy) is 1. The van der Waals surface area contributed by atoms with Gasteiger partial charge in [0, 0.05) is 37.0 Å². The monoisotopic (exact) mass is 368 g/mol. The van der Waals surface area contributed by atoms with Crippen LogP contribution in [0.2, 0.25) is 0 Å². The van der Waals surface area contributed by atoms with Gasteiger partial charge in [0.2, 0.25) is 0 Å². The van der Waals surface area contributed by atoms with Crippen LogP contribution >= 0.6 is 0 Å². The van der Waals surface area contributed by atoms with Crippen LogP contribution in [0.15, 0.2) is 48.8 Å². The van der Waals surface area contributed by atoms with Crippen LogP contribution in [0.25, 0.3) is 0 Å². The van der Waals surface area contributed by atoms with Crippen molar-refractivity contribution in [1.29, 1.82) is 0 Å². The lowest BCUT2D eigenvalue weighted by Crippen LogP contribution is -2.43. The van der Waals surface area contributed by atoms with Gasteiger partial charge in [0.05, 0.1) is 0 Å². The molecule has 6 nitrogen and oxygen atoms in total. The average Bonchev–Trinajstić information content (AvgIpc) is 2.71. The number of likely N-dealkylation sites (tertiary alicyclic amines) is 1. The maximum atomic E-state index is 12.9. The van der Waals surface area contributed by atoms with Gasteiger partial charge in [-0.15, -0.1) is 0 Å². The van der Waals surface area contributed by atoms with Crippen molar-refractivity contribution >= 4 is 11.9 Å². The summed E-state index contributed by atoms with van der Waals surface area (Å²) in [6, 6.07) is 10.9. The number of aromatic nitrogens is 1. The lowest BCUT2D eigenvalue weighted by Gasteiger charge is -2.35. The number of hydrogen-bond acceptors (Lipinski definition) is 4. The SMILES string of the molecule is O=C(O)CCC1CCCCN1C(=O)c1ccc(OCc2ccncc2)cc1. The molecule has 1 atom stereocenters. The number of nitrogens with zero attached hydrogens (tertiary/aromatic N) is 2. The first-order chi connectivity index (χ1) is 13.1. The van der Waals surface area contributed by atoms with E-state index in [1.54, 1.807) is 36.7 Å². The van der Waals surface area contributed by atoms with Crippen molar-refractivity contribution < 1.29 is 19.4 Å². The van der Waals surface area contributed by atoms with Crippen molar-refractivity contribution in [2.45, 2.75) is 44.8 Å². The molecule has 1 aromatic heterocycles. The molecule has 1 fully saturated rings. The molecule has 0 spiro atoms. The smallest absolute Gasteiger partial charge is 0.303 e. The third-order valence-corrected chi connectivity index (χ3v) is 4.84. The average molecular weight is 368 g/mol. The third kappa shape index (κ3) is 5.29. The molecule has 1 saturated heterocycles. The van der Waals surface area contributed by atoms with Gasteiger partial charge in [-0.3, -0.25) is 14.6 Å². The molecule has 1 aromatic carbocycles. The second-order valence-corrected chi connectivity index (χ2v) is 6.75. The van der Waals surface area contributed by atoms with E-state index in [0.717, 1.165) is 24.8 Å². The highest BCUT2D eigenvalue weighted by Crippen LogP contribution is 2.24. The van der Waals surface area contributed by atoms with Crippen LogP contribution in [0.3, 0.4) is 0 Å². The standard InChI is InChI=1S/C21H24N2O4/c24-20(25)9-6-18-3-1-2-14-23(18)21(26)17-4-7-19(8-5-17)27-15-16-10-12-22-13-11-16/h4-5,7-8,10-13,18H,1-3,6,9,14-15H2,(H,24,25). The molecule has 1 aliphatic heterocycles. The minimum atomic E-state index is -0.816. The van der Waals surface area contributed by atoms with Crippen molar-refractivity contribution in [2.24, 2.45) is 0 Å². The number of piperidine rings is 1. The minimum Gasteiger partial charge on any atom is -0.489 e. The summed E-state index contributed by atoms with van der Waals surface area (Å²) in [6.07, 6.45) is 6.91. The van der Waals surface area contributed by atoms with Gasteiger partial charge in [-0.2, -0.15) is 0 Å². The maximum absolute atomic E-state index is 12.9. The third-order valence-electron chi connectivity index (χ3n) is 4.84. The molecule has 1 amide bonds. The molecule has 27 heavy (non-hydrogen) atoms. The van der Waals surface area contributed by atoms with E-state index in [1.807, 2.05) is 17.0 Å². The number of aliphatic carboxylic acids is 1. The summed E-state index contributed by atoms with van der Waals surface area (Å²) in [5.41, 5.74) is 1.63. The van der Waals surface area contributed by atoms with E-state index in [1.165, 1.54) is 0 Å². The number of rotatable bonds is 7. The second kappa shape index (κ2) is 9.16. The van der Waals surface area contributed by atoms with Crippen LogP contribution in [0.5, 0.6) is 5.75 Å². The second-order valence-electron chi connectivity index (χ2n) is 6.75. The molecule has 1 N–H and O–H groups in total. The Hall–Kier alpha value is -2.89. The molecule has 2 aromatic rings. The van der Waals surface area contributed by atoms with Crippen molar-refractivity contribution in [3.63, 3.8) is 0 Å². The Labute approximate surface area is 158 Å². The number of carboxylic acids is 1. The van der Waals surface area contributed by atoms with Gasteiger partial charge in [-0.1, -0.05) is 0 Å². The van der Waals surface area contributed by atoms with E-state index >= 15 is 0 Å². The van der Waals surface area contributed by atoms with Gasteiger partial charge < -0.3 is 14.7 Å².